The fourth-order valence-corrected chi connectivity index (χ4v) is 2.99. The van der Waals surface area contributed by atoms with Crippen LogP contribution in [0.2, 0.25) is 0 Å². The summed E-state index contributed by atoms with van der Waals surface area (Å²) in [5.41, 5.74) is -0.149. The molecular formula is C11H15BrF5NOS. The number of hydrogen-bond acceptors (Lipinski definition) is 2. The van der Waals surface area contributed by atoms with Crippen molar-refractivity contribution < 1.29 is 24.5 Å². The Balaban J connectivity index is 3.18. The molecule has 0 heterocycles. The Morgan fingerprint density at radius 3 is 2.15 bits per heavy atom. The highest BCUT2D eigenvalue weighted by Crippen LogP contribution is 3.02. The number of aromatic hydroxyl groups is 1. The Morgan fingerprint density at radius 2 is 1.70 bits per heavy atom. The highest BCUT2D eigenvalue weighted by molar-refractivity contribution is 9.10. The molecule has 0 aliphatic heterocycles. The molecule has 1 aromatic rings. The molecule has 1 rings (SSSR count). The zero-order valence-corrected chi connectivity index (χ0v) is 13.2. The first-order valence-electron chi connectivity index (χ1n) is 5.61. The summed E-state index contributed by atoms with van der Waals surface area (Å²) in [5, 5.41) is 9.66. The number of halogens is 6. The normalized spacial score (nSPS) is 16.1. The molecule has 0 unspecified atom stereocenters. The van der Waals surface area contributed by atoms with Gasteiger partial charge in [-0.05, 0) is 67.1 Å². The van der Waals surface area contributed by atoms with Crippen LogP contribution >= 0.6 is 26.2 Å². The first-order chi connectivity index (χ1) is 8.70. The van der Waals surface area contributed by atoms with Gasteiger partial charge < -0.3 is 10.0 Å². The van der Waals surface area contributed by atoms with E-state index in [1.807, 2.05) is 0 Å². The molecule has 0 spiro atoms. The Labute approximate surface area is 122 Å². The van der Waals surface area contributed by atoms with Crippen LogP contribution in [0, 0.1) is 0 Å². The predicted molar refractivity (Wildman–Crippen MR) is 74.1 cm³/mol. The average Bonchev–Trinajstić information content (AvgIpc) is 2.19. The van der Waals surface area contributed by atoms with Crippen molar-refractivity contribution in [2.75, 3.05) is 20.6 Å². The van der Waals surface area contributed by atoms with Gasteiger partial charge in [0.1, 0.15) is 10.6 Å². The molecule has 9 heteroatoms. The Morgan fingerprint density at radius 1 is 1.15 bits per heavy atom. The summed E-state index contributed by atoms with van der Waals surface area (Å²) in [6.45, 7) is 0.567. The molecule has 0 aromatic heterocycles. The number of nitrogens with zero attached hydrogens (tertiary/aromatic N) is 1. The van der Waals surface area contributed by atoms with Crippen molar-refractivity contribution in [3.63, 3.8) is 0 Å². The van der Waals surface area contributed by atoms with Gasteiger partial charge in [0.2, 0.25) is 0 Å². The van der Waals surface area contributed by atoms with Crippen LogP contribution in [0.1, 0.15) is 12.0 Å². The molecule has 0 aliphatic rings. The van der Waals surface area contributed by atoms with Gasteiger partial charge in [-0.25, -0.2) is 0 Å². The second-order valence-electron chi connectivity index (χ2n) is 4.79. The lowest BCUT2D eigenvalue weighted by molar-refractivity contribution is 0.363. The maximum absolute atomic E-state index is 12.8. The molecule has 0 saturated heterocycles. The summed E-state index contributed by atoms with van der Waals surface area (Å²) >= 11 is 2.68. The fraction of sp³-hybridized carbons (Fsp3) is 0.455. The van der Waals surface area contributed by atoms with Crippen molar-refractivity contribution in [1.29, 1.82) is 0 Å². The summed E-state index contributed by atoms with van der Waals surface area (Å²) in [4.78, 5) is -0.185. The first kappa shape index (κ1) is 17.5. The SMILES string of the molecule is CN(C)CCCc1cc(S(F)(F)(F)(F)F)cc(Br)c1O. The lowest BCUT2D eigenvalue weighted by Crippen LogP contribution is -2.13. The van der Waals surface area contributed by atoms with Crippen molar-refractivity contribution in [1.82, 2.24) is 4.90 Å². The lowest BCUT2D eigenvalue weighted by atomic mass is 10.1. The molecular weight excluding hydrogens is 369 g/mol. The van der Waals surface area contributed by atoms with Crippen LogP contribution in [0.15, 0.2) is 21.5 Å². The van der Waals surface area contributed by atoms with E-state index in [2.05, 4.69) is 15.9 Å². The number of hydrogen-bond donors (Lipinski definition) is 1. The summed E-state index contributed by atoms with van der Waals surface area (Å²) < 4.78 is 63.5. The standard InChI is InChI=1S/C11H15BrF5NOS/c1-18(2)5-3-4-8-6-9(7-10(12)11(8)19)20(13,14,15,16)17/h6-7,19H,3-5H2,1-2H3. The smallest absolute Gasteiger partial charge is 0.310 e. The lowest BCUT2D eigenvalue weighted by Gasteiger charge is -2.40. The van der Waals surface area contributed by atoms with Crippen LogP contribution in [0.25, 0.3) is 0 Å². The van der Waals surface area contributed by atoms with Gasteiger partial charge in [0, 0.05) is 0 Å². The summed E-state index contributed by atoms with van der Waals surface area (Å²) in [6, 6.07) is 0.545. The van der Waals surface area contributed by atoms with E-state index in [-0.39, 0.29) is 22.5 Å². The third-order valence-corrected chi connectivity index (χ3v) is 4.34. The van der Waals surface area contributed by atoms with E-state index in [0.29, 0.717) is 19.0 Å². The van der Waals surface area contributed by atoms with Crippen molar-refractivity contribution in [2.45, 2.75) is 17.7 Å². The molecule has 20 heavy (non-hydrogen) atoms. The Hall–Kier alpha value is -0.540. The molecule has 0 atom stereocenters. The first-order valence-corrected chi connectivity index (χ1v) is 8.35. The zero-order chi connectivity index (χ0) is 15.8. The molecule has 0 saturated carbocycles. The number of phenols is 1. The molecule has 118 valence electrons. The van der Waals surface area contributed by atoms with E-state index in [0.717, 1.165) is 0 Å². The van der Waals surface area contributed by atoms with Gasteiger partial charge >= 0.3 is 10.2 Å². The summed E-state index contributed by atoms with van der Waals surface area (Å²) in [7, 11) is -6.18. The van der Waals surface area contributed by atoms with Gasteiger partial charge in [-0.15, -0.1) is 0 Å². The summed E-state index contributed by atoms with van der Waals surface area (Å²) in [6.07, 6.45) is 0.515. The highest BCUT2D eigenvalue weighted by atomic mass is 79.9. The predicted octanol–water partition coefficient (Wildman–Crippen LogP) is 5.31. The zero-order valence-electron chi connectivity index (χ0n) is 10.8. The van der Waals surface area contributed by atoms with Crippen molar-refractivity contribution in [2.24, 2.45) is 0 Å². The topological polar surface area (TPSA) is 23.5 Å². The minimum absolute atomic E-state index is 0.0737. The number of aryl methyl sites for hydroxylation is 1. The quantitative estimate of drug-likeness (QED) is 0.696. The van der Waals surface area contributed by atoms with Gasteiger partial charge in [-0.3, -0.25) is 0 Å². The third-order valence-electron chi connectivity index (χ3n) is 2.61. The van der Waals surface area contributed by atoms with Gasteiger partial charge in [0.15, 0.2) is 0 Å². The molecule has 1 aromatic carbocycles. The van der Waals surface area contributed by atoms with Crippen LogP contribution in [-0.2, 0) is 6.42 Å². The minimum Gasteiger partial charge on any atom is -0.506 e. The second-order valence-corrected chi connectivity index (χ2v) is 8.05. The van der Waals surface area contributed by atoms with Gasteiger partial charge in [-0.1, -0.05) is 19.4 Å². The van der Waals surface area contributed by atoms with Crippen molar-refractivity contribution >= 4 is 26.2 Å². The average molecular weight is 384 g/mol. The molecule has 0 bridgehead atoms. The number of phenolic OH excluding ortho intramolecular Hbond substituents is 1. The minimum atomic E-state index is -9.74. The maximum Gasteiger partial charge on any atom is 0.310 e. The monoisotopic (exact) mass is 383 g/mol. The molecule has 1 N–H and O–H groups in total. The fourth-order valence-electron chi connectivity index (χ4n) is 1.63. The van der Waals surface area contributed by atoms with Gasteiger partial charge in [-0.2, -0.15) is 0 Å². The number of rotatable bonds is 5. The second kappa shape index (κ2) is 4.74. The Kier molecular flexibility index (Phi) is 4.15. The molecule has 2 nitrogen and oxygen atoms in total. The molecule has 0 radical (unpaired) electrons. The van der Waals surface area contributed by atoms with E-state index in [9.17, 15) is 24.5 Å². The van der Waals surface area contributed by atoms with Crippen molar-refractivity contribution in [3.05, 3.63) is 22.2 Å². The van der Waals surface area contributed by atoms with Crippen LogP contribution < -0.4 is 0 Å². The van der Waals surface area contributed by atoms with E-state index < -0.39 is 20.9 Å². The largest absolute Gasteiger partial charge is 0.506 e. The van der Waals surface area contributed by atoms with Crippen LogP contribution in [0.4, 0.5) is 19.4 Å². The van der Waals surface area contributed by atoms with E-state index in [1.165, 1.54) is 0 Å². The van der Waals surface area contributed by atoms with Crippen LogP contribution in [0.5, 0.6) is 5.75 Å². The van der Waals surface area contributed by atoms with Crippen molar-refractivity contribution in [3.8, 4) is 5.75 Å². The summed E-state index contributed by atoms with van der Waals surface area (Å²) in [5.74, 6) is -0.436. The van der Waals surface area contributed by atoms with Crippen LogP contribution in [-0.4, -0.2) is 30.6 Å². The van der Waals surface area contributed by atoms with E-state index >= 15 is 0 Å². The maximum atomic E-state index is 12.8. The molecule has 0 amide bonds. The van der Waals surface area contributed by atoms with Crippen LogP contribution in [0.3, 0.4) is 0 Å². The van der Waals surface area contributed by atoms with E-state index in [4.69, 9.17) is 0 Å². The number of benzene rings is 1. The third kappa shape index (κ3) is 4.78. The molecule has 0 fully saturated rings. The van der Waals surface area contributed by atoms with Gasteiger partial charge in [0.25, 0.3) is 0 Å². The van der Waals surface area contributed by atoms with Gasteiger partial charge in [0.05, 0.1) is 4.47 Å². The molecule has 0 aliphatic carbocycles. The Bertz CT molecular complexity index is 517. The highest BCUT2D eigenvalue weighted by Gasteiger charge is 2.65. The van der Waals surface area contributed by atoms with E-state index in [1.54, 1.807) is 19.0 Å².